The van der Waals surface area contributed by atoms with E-state index in [0.717, 1.165) is 48.5 Å². The van der Waals surface area contributed by atoms with Crippen molar-refractivity contribution >= 4 is 22.6 Å². The maximum atomic E-state index is 12.5. The number of fused-ring (bicyclic) bond motifs is 1. The predicted molar refractivity (Wildman–Crippen MR) is 99.4 cm³/mol. The first-order chi connectivity index (χ1) is 12.6. The summed E-state index contributed by atoms with van der Waals surface area (Å²) in [6.45, 7) is 5.58. The van der Waals surface area contributed by atoms with Crippen LogP contribution in [0.3, 0.4) is 0 Å². The Hall–Kier alpha value is -1.92. The van der Waals surface area contributed by atoms with E-state index in [1.54, 1.807) is 0 Å². The monoisotopic (exact) mass is 342 g/mol. The Morgan fingerprint density at radius 1 is 1.40 bits per heavy atom. The van der Waals surface area contributed by atoms with Crippen LogP contribution in [0.5, 0.6) is 0 Å². The number of imidazole rings is 1. The number of piperidine rings is 1. The highest BCUT2D eigenvalue weighted by molar-refractivity contribution is 5.94. The van der Waals surface area contributed by atoms with Gasteiger partial charge in [-0.3, -0.25) is 9.69 Å². The molecule has 1 aromatic carbocycles. The molecular formula is C19H27N5O. The Balaban J connectivity index is 1.43. The van der Waals surface area contributed by atoms with Gasteiger partial charge in [0.2, 0.25) is 5.91 Å². The first kappa shape index (κ1) is 15.3. The van der Waals surface area contributed by atoms with Crippen LogP contribution in [0.15, 0.2) is 18.2 Å². The lowest BCUT2D eigenvalue weighted by molar-refractivity contribution is -0.120. The van der Waals surface area contributed by atoms with Gasteiger partial charge in [0.05, 0.1) is 17.6 Å². The lowest BCUT2D eigenvalue weighted by atomic mass is 9.97. The van der Waals surface area contributed by atoms with Crippen molar-refractivity contribution in [3.05, 3.63) is 24.0 Å². The van der Waals surface area contributed by atoms with Gasteiger partial charge in [-0.15, -0.1) is 0 Å². The van der Waals surface area contributed by atoms with Crippen molar-refractivity contribution in [3.8, 4) is 0 Å². The standard InChI is InChI=1S/C19H27N5O/c1-13-3-2-10-24(13)12-18-22-16-5-4-15(11-17(16)23-18)21-19(25)14-6-8-20-9-7-14/h4-5,11,13-14,20H,2-3,6-10,12H2,1H3,(H,21,25)(H,22,23)/i/hD. The molecule has 1 unspecified atom stereocenters. The maximum Gasteiger partial charge on any atom is 0.227 e. The quantitative estimate of drug-likeness (QED) is 0.798. The van der Waals surface area contributed by atoms with Crippen LogP contribution >= 0.6 is 0 Å². The van der Waals surface area contributed by atoms with Crippen LogP contribution in [0.1, 0.15) is 38.4 Å². The number of H-pyrrole nitrogens is 1. The number of aromatic amines is 1. The van der Waals surface area contributed by atoms with Gasteiger partial charge in [0.25, 0.3) is 0 Å². The number of hydrogen-bond donors (Lipinski definition) is 3. The summed E-state index contributed by atoms with van der Waals surface area (Å²) in [5.41, 5.74) is 2.70. The summed E-state index contributed by atoms with van der Waals surface area (Å²) >= 11 is 0. The minimum Gasteiger partial charge on any atom is -0.341 e. The number of nitrogens with one attached hydrogen (secondary N) is 3. The fourth-order valence-corrected chi connectivity index (χ4v) is 3.89. The van der Waals surface area contributed by atoms with Crippen molar-refractivity contribution in [3.63, 3.8) is 0 Å². The Morgan fingerprint density at radius 2 is 2.24 bits per heavy atom. The van der Waals surface area contributed by atoms with Gasteiger partial charge in [0.15, 0.2) is 0 Å². The topological polar surface area (TPSA) is 73.1 Å². The van der Waals surface area contributed by atoms with E-state index in [9.17, 15) is 4.79 Å². The van der Waals surface area contributed by atoms with E-state index >= 15 is 0 Å². The number of rotatable bonds is 4. The summed E-state index contributed by atoms with van der Waals surface area (Å²) in [6, 6.07) is 6.48. The first-order valence-corrected chi connectivity index (χ1v) is 9.36. The summed E-state index contributed by atoms with van der Waals surface area (Å²) in [7, 11) is 0. The Labute approximate surface area is 149 Å². The van der Waals surface area contributed by atoms with E-state index in [1.807, 2.05) is 18.2 Å². The molecule has 1 aromatic heterocycles. The zero-order chi connectivity index (χ0) is 18.1. The highest BCUT2D eigenvalue weighted by Gasteiger charge is 2.22. The van der Waals surface area contributed by atoms with Crippen LogP contribution in [0, 0.1) is 5.92 Å². The largest absolute Gasteiger partial charge is 0.341 e. The van der Waals surface area contributed by atoms with E-state index < -0.39 is 0 Å². The number of hydrogen-bond acceptors (Lipinski definition) is 4. The number of likely N-dealkylation sites (tertiary alicyclic amines) is 1. The van der Waals surface area contributed by atoms with Crippen LogP contribution in [-0.2, 0) is 11.3 Å². The van der Waals surface area contributed by atoms with Crippen LogP contribution in [0.4, 0.5) is 5.69 Å². The highest BCUT2D eigenvalue weighted by Crippen LogP contribution is 2.22. The maximum absolute atomic E-state index is 12.5. The normalized spacial score (nSPS) is 23.9. The molecule has 2 aromatic rings. The smallest absolute Gasteiger partial charge is 0.227 e. The van der Waals surface area contributed by atoms with E-state index in [4.69, 9.17) is 6.40 Å². The molecule has 0 saturated carbocycles. The van der Waals surface area contributed by atoms with Gasteiger partial charge in [-0.05, 0) is 70.4 Å². The van der Waals surface area contributed by atoms with E-state index in [0.29, 0.717) is 19.1 Å². The summed E-state index contributed by atoms with van der Waals surface area (Å²) in [4.78, 5) is 23.0. The second-order valence-electron chi connectivity index (χ2n) is 7.31. The molecule has 6 heteroatoms. The fraction of sp³-hybridized carbons (Fsp3) is 0.579. The fourth-order valence-electron chi connectivity index (χ4n) is 3.89. The molecule has 0 bridgehead atoms. The number of nitrogens with zero attached hydrogens (tertiary/aromatic N) is 2. The highest BCUT2D eigenvalue weighted by atomic mass is 16.1. The van der Waals surface area contributed by atoms with E-state index in [1.165, 1.54) is 18.2 Å². The minimum absolute atomic E-state index is 0.00121. The van der Waals surface area contributed by atoms with Gasteiger partial charge in [-0.2, -0.15) is 0 Å². The Kier molecular flexibility index (Phi) is 4.38. The summed E-state index contributed by atoms with van der Waals surface area (Å²) in [5, 5.41) is 4.56. The van der Waals surface area contributed by atoms with Crippen molar-refractivity contribution in [2.45, 2.75) is 45.2 Å². The molecular weight excluding hydrogens is 314 g/mol. The van der Waals surface area contributed by atoms with Gasteiger partial charge < -0.3 is 15.6 Å². The van der Waals surface area contributed by atoms with Crippen molar-refractivity contribution in [2.24, 2.45) is 5.92 Å². The molecule has 3 N–H and O–H groups in total. The number of amides is 1. The zero-order valence-corrected chi connectivity index (χ0v) is 14.8. The number of carbonyl (C=O) groups excluding carboxylic acids is 1. The van der Waals surface area contributed by atoms with Crippen LogP contribution < -0.4 is 10.6 Å². The molecule has 1 amide bonds. The number of benzene rings is 1. The van der Waals surface area contributed by atoms with Crippen molar-refractivity contribution in [1.82, 2.24) is 20.2 Å². The molecule has 3 heterocycles. The molecule has 4 rings (SSSR count). The molecule has 2 saturated heterocycles. The molecule has 0 spiro atoms. The average molecular weight is 342 g/mol. The third-order valence-corrected chi connectivity index (χ3v) is 5.49. The number of carbonyl (C=O) groups is 1. The second-order valence-corrected chi connectivity index (χ2v) is 7.31. The molecule has 0 radical (unpaired) electrons. The van der Waals surface area contributed by atoms with E-state index in [-0.39, 0.29) is 11.8 Å². The zero-order valence-electron chi connectivity index (χ0n) is 15.8. The van der Waals surface area contributed by atoms with Gasteiger partial charge in [0.1, 0.15) is 7.24 Å². The third-order valence-electron chi connectivity index (χ3n) is 5.49. The SMILES string of the molecule is [2H]N1CCC(C(=O)Nc2ccc3[nH]c(CN4CCCC4C)nc3c2)CC1. The molecule has 2 fully saturated rings. The lowest BCUT2D eigenvalue weighted by Gasteiger charge is -2.21. The summed E-state index contributed by atoms with van der Waals surface area (Å²) in [5.74, 6) is 1.04. The molecule has 2 aliphatic heterocycles. The van der Waals surface area contributed by atoms with Crippen molar-refractivity contribution < 1.29 is 6.21 Å². The number of aromatic nitrogens is 2. The van der Waals surface area contributed by atoms with Crippen molar-refractivity contribution in [2.75, 3.05) is 25.0 Å². The summed E-state index contributed by atoms with van der Waals surface area (Å²) < 4.78 is 7.60. The van der Waals surface area contributed by atoms with Gasteiger partial charge >= 0.3 is 0 Å². The lowest BCUT2D eigenvalue weighted by Crippen LogP contribution is -2.34. The number of anilines is 1. The third kappa shape index (κ3) is 3.70. The molecule has 0 aliphatic carbocycles. The van der Waals surface area contributed by atoms with Gasteiger partial charge in [-0.25, -0.2) is 4.98 Å². The molecule has 6 nitrogen and oxygen atoms in total. The Bertz CT molecular complexity index is 783. The molecule has 2 aliphatic rings. The van der Waals surface area contributed by atoms with Gasteiger partial charge in [-0.1, -0.05) is 0 Å². The molecule has 134 valence electrons. The first-order valence-electron chi connectivity index (χ1n) is 9.80. The predicted octanol–water partition coefficient (Wildman–Crippen LogP) is 2.49. The molecule has 25 heavy (non-hydrogen) atoms. The second kappa shape index (κ2) is 7.14. The Morgan fingerprint density at radius 3 is 3.00 bits per heavy atom. The van der Waals surface area contributed by atoms with E-state index in [2.05, 4.69) is 22.1 Å². The molecule has 1 atom stereocenters. The van der Waals surface area contributed by atoms with Crippen LogP contribution in [0.25, 0.3) is 11.0 Å². The van der Waals surface area contributed by atoms with Crippen LogP contribution in [0.2, 0.25) is 1.41 Å². The van der Waals surface area contributed by atoms with Crippen molar-refractivity contribution in [1.29, 1.82) is 0 Å². The van der Waals surface area contributed by atoms with Gasteiger partial charge in [0, 0.05) is 17.6 Å². The van der Waals surface area contributed by atoms with Crippen LogP contribution in [-0.4, -0.2) is 46.5 Å². The summed E-state index contributed by atoms with van der Waals surface area (Å²) in [6.07, 6.45) is 4.02. The minimum atomic E-state index is -0.00121. The average Bonchev–Trinajstić information content (AvgIpc) is 3.21.